The first-order valence-electron chi connectivity index (χ1n) is 12.3. The number of halogens is 2. The minimum Gasteiger partial charge on any atom is -0.457 e. The minimum absolute atomic E-state index is 0.0467. The molecule has 0 aliphatic heterocycles. The third-order valence-corrected chi connectivity index (χ3v) is 11.1. The van der Waals surface area contributed by atoms with Crippen molar-refractivity contribution < 1.29 is 29.0 Å². The van der Waals surface area contributed by atoms with Crippen LogP contribution in [0.15, 0.2) is 46.6 Å². The van der Waals surface area contributed by atoms with Crippen molar-refractivity contribution >= 4 is 35.0 Å². The van der Waals surface area contributed by atoms with Crippen LogP contribution in [0.3, 0.4) is 0 Å². The summed E-state index contributed by atoms with van der Waals surface area (Å²) in [4.78, 5) is 24.2. The molecular weight excluding hydrogens is 491 g/mol. The molecule has 8 heteroatoms. The van der Waals surface area contributed by atoms with Gasteiger partial charge in [-0.3, -0.25) is 4.79 Å². The second-order valence-corrected chi connectivity index (χ2v) is 12.2. The molecule has 35 heavy (non-hydrogen) atoms. The molecule has 5 rings (SSSR count). The number of esters is 1. The molecule has 0 spiro atoms. The second kappa shape index (κ2) is 8.20. The van der Waals surface area contributed by atoms with Gasteiger partial charge in [-0.15, -0.1) is 23.2 Å². The van der Waals surface area contributed by atoms with Crippen LogP contribution in [0.25, 0.3) is 0 Å². The van der Waals surface area contributed by atoms with Crippen LogP contribution in [0.4, 0.5) is 0 Å². The Morgan fingerprint density at radius 2 is 2.09 bits per heavy atom. The van der Waals surface area contributed by atoms with Crippen LogP contribution >= 0.6 is 23.2 Å². The molecular formula is C27H32Cl2O6. The van der Waals surface area contributed by atoms with Crippen LogP contribution in [0.5, 0.6) is 0 Å². The van der Waals surface area contributed by atoms with E-state index in [1.807, 2.05) is 26.8 Å². The van der Waals surface area contributed by atoms with Gasteiger partial charge in [-0.1, -0.05) is 32.4 Å². The van der Waals surface area contributed by atoms with Gasteiger partial charge >= 0.3 is 5.97 Å². The molecule has 9 atom stereocenters. The van der Waals surface area contributed by atoms with Crippen molar-refractivity contribution in [1.82, 2.24) is 0 Å². The predicted molar refractivity (Wildman–Crippen MR) is 131 cm³/mol. The zero-order valence-electron chi connectivity index (χ0n) is 20.2. The number of aliphatic hydroxyl groups is 2. The Morgan fingerprint density at radius 1 is 1.34 bits per heavy atom. The van der Waals surface area contributed by atoms with E-state index in [1.165, 1.54) is 12.3 Å². The van der Waals surface area contributed by atoms with E-state index in [-0.39, 0.29) is 41.6 Å². The molecule has 0 amide bonds. The average molecular weight is 523 g/mol. The SMILES string of the molecule is C[C@@H]1C[C@H]2[C@@H]3CCC4=CC(=O)C=C[C@]4(C)[C@@]3(Cl)[C@@H](O)C[C@]2(C)[C@@]1(OC(=O)c1ccco1)C(O)CCl. The second-order valence-electron chi connectivity index (χ2n) is 11.2. The average Bonchev–Trinajstić information content (AvgIpc) is 3.42. The third kappa shape index (κ3) is 3.09. The maximum absolute atomic E-state index is 13.1. The molecule has 1 aromatic rings. The molecule has 3 fully saturated rings. The van der Waals surface area contributed by atoms with E-state index in [2.05, 4.69) is 0 Å². The largest absolute Gasteiger partial charge is 0.457 e. The summed E-state index contributed by atoms with van der Waals surface area (Å²) in [6.45, 7) is 5.95. The zero-order chi connectivity index (χ0) is 25.4. The van der Waals surface area contributed by atoms with Gasteiger partial charge < -0.3 is 19.4 Å². The fourth-order valence-electron chi connectivity index (χ4n) is 8.27. The van der Waals surface area contributed by atoms with Crippen molar-refractivity contribution in [3.05, 3.63) is 48.0 Å². The van der Waals surface area contributed by atoms with Crippen molar-refractivity contribution in [2.45, 2.75) is 69.1 Å². The van der Waals surface area contributed by atoms with E-state index in [4.69, 9.17) is 32.4 Å². The van der Waals surface area contributed by atoms with E-state index in [9.17, 15) is 19.8 Å². The highest BCUT2D eigenvalue weighted by Gasteiger charge is 2.76. The van der Waals surface area contributed by atoms with E-state index in [0.717, 1.165) is 5.57 Å². The number of ketones is 1. The van der Waals surface area contributed by atoms with E-state index < -0.39 is 39.5 Å². The van der Waals surface area contributed by atoms with Gasteiger partial charge in [-0.05, 0) is 67.7 Å². The van der Waals surface area contributed by atoms with Crippen molar-refractivity contribution in [1.29, 1.82) is 0 Å². The summed E-state index contributed by atoms with van der Waals surface area (Å²) in [5.74, 6) is -1.23. The number of rotatable bonds is 4. The number of furan rings is 1. The number of hydrogen-bond acceptors (Lipinski definition) is 6. The van der Waals surface area contributed by atoms with Gasteiger partial charge in [-0.25, -0.2) is 4.79 Å². The van der Waals surface area contributed by atoms with E-state index in [1.54, 1.807) is 18.2 Å². The van der Waals surface area contributed by atoms with Gasteiger partial charge in [0.1, 0.15) is 11.7 Å². The lowest BCUT2D eigenvalue weighted by Crippen LogP contribution is -2.70. The number of fused-ring (bicyclic) bond motifs is 5. The summed E-state index contributed by atoms with van der Waals surface area (Å²) in [6.07, 6.45) is 6.57. The Balaban J connectivity index is 1.61. The summed E-state index contributed by atoms with van der Waals surface area (Å²) in [5, 5.41) is 23.1. The fraction of sp³-hybridized carbons (Fsp3) is 0.630. The molecule has 4 aliphatic carbocycles. The number of carbonyl (C=O) groups is 2. The summed E-state index contributed by atoms with van der Waals surface area (Å²) in [7, 11) is 0. The third-order valence-electron chi connectivity index (χ3n) is 9.89. The summed E-state index contributed by atoms with van der Waals surface area (Å²) in [5.41, 5.74) is -1.87. The van der Waals surface area contributed by atoms with Gasteiger partial charge in [-0.2, -0.15) is 0 Å². The van der Waals surface area contributed by atoms with Crippen molar-refractivity contribution in [3.63, 3.8) is 0 Å². The number of aliphatic hydroxyl groups excluding tert-OH is 2. The summed E-state index contributed by atoms with van der Waals surface area (Å²) in [6, 6.07) is 3.13. The first kappa shape index (κ1) is 25.1. The Hall–Kier alpha value is -1.60. The van der Waals surface area contributed by atoms with Crippen LogP contribution < -0.4 is 0 Å². The van der Waals surface area contributed by atoms with Gasteiger partial charge in [0.25, 0.3) is 0 Å². The molecule has 190 valence electrons. The van der Waals surface area contributed by atoms with Gasteiger partial charge in [0.2, 0.25) is 5.76 Å². The van der Waals surface area contributed by atoms with E-state index >= 15 is 0 Å². The molecule has 0 aromatic carbocycles. The molecule has 0 bridgehead atoms. The van der Waals surface area contributed by atoms with Crippen molar-refractivity contribution in [2.24, 2.45) is 28.6 Å². The lowest BCUT2D eigenvalue weighted by atomic mass is 9.45. The van der Waals surface area contributed by atoms with Gasteiger partial charge in [0, 0.05) is 10.8 Å². The maximum Gasteiger partial charge on any atom is 0.374 e. The number of allylic oxidation sites excluding steroid dienone is 4. The zero-order valence-corrected chi connectivity index (χ0v) is 21.7. The highest BCUT2D eigenvalue weighted by Crippen LogP contribution is 2.72. The standard InChI is InChI=1S/C27H32Cl2O6/c1-15-11-19-18-7-6-16-12-17(30)8-9-24(16,2)26(18,29)21(31)13-25(19,3)27(15,22(32)14-28)35-23(33)20-5-4-10-34-20/h4-5,8-10,12,15,18-19,21-22,31-32H,6-7,11,13-14H2,1-3H3/t15-,18+,19+,21+,22?,24+,25+,26+,27+/m1/s1. The predicted octanol–water partition coefficient (Wildman–Crippen LogP) is 4.66. The van der Waals surface area contributed by atoms with Crippen LogP contribution in [0.2, 0.25) is 0 Å². The lowest BCUT2D eigenvalue weighted by molar-refractivity contribution is -0.200. The smallest absolute Gasteiger partial charge is 0.374 e. The molecule has 3 saturated carbocycles. The number of ether oxygens (including phenoxy) is 1. The number of hydrogen-bond donors (Lipinski definition) is 2. The monoisotopic (exact) mass is 522 g/mol. The summed E-state index contributed by atoms with van der Waals surface area (Å²) >= 11 is 13.7. The quantitative estimate of drug-likeness (QED) is 0.440. The Kier molecular flexibility index (Phi) is 5.88. The molecule has 1 heterocycles. The highest BCUT2D eigenvalue weighted by atomic mass is 35.5. The molecule has 6 nitrogen and oxygen atoms in total. The molecule has 0 saturated heterocycles. The summed E-state index contributed by atoms with van der Waals surface area (Å²) < 4.78 is 11.5. The molecule has 2 N–H and O–H groups in total. The fourth-order valence-corrected chi connectivity index (χ4v) is 9.02. The Labute approximate surface area is 215 Å². The number of carbonyl (C=O) groups excluding carboxylic acids is 2. The van der Waals surface area contributed by atoms with Crippen LogP contribution in [0.1, 0.15) is 57.0 Å². The first-order chi connectivity index (χ1) is 16.5. The number of alkyl halides is 2. The Morgan fingerprint density at radius 3 is 2.74 bits per heavy atom. The Bertz CT molecular complexity index is 1100. The van der Waals surface area contributed by atoms with Crippen LogP contribution in [-0.2, 0) is 9.53 Å². The van der Waals surface area contributed by atoms with Crippen LogP contribution in [-0.4, -0.2) is 50.5 Å². The van der Waals surface area contributed by atoms with Crippen LogP contribution in [0, 0.1) is 28.6 Å². The minimum atomic E-state index is -1.34. The molecule has 4 aliphatic rings. The van der Waals surface area contributed by atoms with Crippen molar-refractivity contribution in [2.75, 3.05) is 5.88 Å². The normalized spacial score (nSPS) is 45.2. The van der Waals surface area contributed by atoms with Crippen molar-refractivity contribution in [3.8, 4) is 0 Å². The topological polar surface area (TPSA) is 97.0 Å². The lowest BCUT2D eigenvalue weighted by Gasteiger charge is -2.64. The van der Waals surface area contributed by atoms with Gasteiger partial charge in [0.05, 0.1) is 23.1 Å². The maximum atomic E-state index is 13.1. The highest BCUT2D eigenvalue weighted by molar-refractivity contribution is 6.26. The molecule has 0 radical (unpaired) electrons. The van der Waals surface area contributed by atoms with E-state index in [0.29, 0.717) is 19.3 Å². The first-order valence-corrected chi connectivity index (χ1v) is 13.2. The van der Waals surface area contributed by atoms with Gasteiger partial charge in [0.15, 0.2) is 5.78 Å². The molecule has 1 aromatic heterocycles. The molecule has 1 unspecified atom stereocenters.